The molecule has 1 fully saturated rings. The molecule has 2 aliphatic rings. The van der Waals surface area contributed by atoms with Crippen LogP contribution in [-0.4, -0.2) is 43.4 Å². The molecule has 2 aromatic heterocycles. The van der Waals surface area contributed by atoms with Crippen molar-refractivity contribution < 1.29 is 14.2 Å². The van der Waals surface area contributed by atoms with Crippen molar-refractivity contribution in [2.24, 2.45) is 7.05 Å². The average Bonchev–Trinajstić information content (AvgIpc) is 3.44. The maximum atomic E-state index is 13.2. The number of rotatable bonds is 2. The highest BCUT2D eigenvalue weighted by molar-refractivity contribution is 6.08. The summed E-state index contributed by atoms with van der Waals surface area (Å²) in [5.74, 6) is -0.426. The SMILES string of the molecule is Cn1cc(C2N(C(=O)c3cnon3)CCC23C(=O)Nc2ccccc23)cn1. The Labute approximate surface area is 153 Å². The predicted octanol–water partition coefficient (Wildman–Crippen LogP) is 1.28. The molecule has 2 amide bonds. The molecule has 0 aliphatic carbocycles. The third-order valence-electron chi connectivity index (χ3n) is 5.47. The Morgan fingerprint density at radius 1 is 1.33 bits per heavy atom. The number of para-hydroxylation sites is 1. The molecular weight excluding hydrogens is 348 g/mol. The van der Waals surface area contributed by atoms with E-state index >= 15 is 0 Å². The second kappa shape index (κ2) is 5.50. The van der Waals surface area contributed by atoms with E-state index in [9.17, 15) is 9.59 Å². The summed E-state index contributed by atoms with van der Waals surface area (Å²) in [6.45, 7) is 0.410. The van der Waals surface area contributed by atoms with Crippen molar-refractivity contribution in [2.75, 3.05) is 11.9 Å². The van der Waals surface area contributed by atoms with Gasteiger partial charge in [0.15, 0.2) is 5.69 Å². The Bertz CT molecular complexity index is 1040. The summed E-state index contributed by atoms with van der Waals surface area (Å²) in [5, 5.41) is 14.4. The van der Waals surface area contributed by atoms with Gasteiger partial charge in [-0.15, -0.1) is 0 Å². The van der Waals surface area contributed by atoms with Crippen molar-refractivity contribution in [3.05, 3.63) is 59.7 Å². The molecule has 1 N–H and O–H groups in total. The van der Waals surface area contributed by atoms with Crippen LogP contribution in [0.3, 0.4) is 0 Å². The zero-order valence-corrected chi connectivity index (χ0v) is 14.5. The number of aromatic nitrogens is 4. The van der Waals surface area contributed by atoms with E-state index in [2.05, 4.69) is 25.4 Å². The van der Waals surface area contributed by atoms with Crippen LogP contribution in [0.25, 0.3) is 0 Å². The molecular formula is C18H16N6O3. The highest BCUT2D eigenvalue weighted by Gasteiger charge is 2.59. The number of hydrogen-bond donors (Lipinski definition) is 1. The van der Waals surface area contributed by atoms with Gasteiger partial charge >= 0.3 is 0 Å². The van der Waals surface area contributed by atoms with Gasteiger partial charge in [-0.3, -0.25) is 14.3 Å². The zero-order chi connectivity index (χ0) is 18.6. The van der Waals surface area contributed by atoms with Crippen LogP contribution in [0.15, 0.2) is 47.5 Å². The minimum atomic E-state index is -0.869. The van der Waals surface area contributed by atoms with E-state index in [-0.39, 0.29) is 17.5 Å². The molecule has 1 spiro atoms. The zero-order valence-electron chi connectivity index (χ0n) is 14.5. The summed E-state index contributed by atoms with van der Waals surface area (Å²) < 4.78 is 6.26. The second-order valence-corrected chi connectivity index (χ2v) is 6.86. The molecule has 5 rings (SSSR count). The monoisotopic (exact) mass is 364 g/mol. The van der Waals surface area contributed by atoms with Gasteiger partial charge in [-0.25, -0.2) is 4.63 Å². The van der Waals surface area contributed by atoms with E-state index in [0.717, 1.165) is 16.8 Å². The quantitative estimate of drug-likeness (QED) is 0.734. The van der Waals surface area contributed by atoms with E-state index in [0.29, 0.717) is 13.0 Å². The maximum Gasteiger partial charge on any atom is 0.278 e. The standard InChI is InChI=1S/C18H16N6O3/c1-23-10-11(8-19-23)15-18(12-4-2-3-5-13(12)21-17(18)26)6-7-24(15)16(25)14-9-20-27-22-14/h2-5,8-10,15H,6-7H2,1H3,(H,21,26). The number of hydrogen-bond acceptors (Lipinski definition) is 6. The number of aryl methyl sites for hydroxylation is 1. The first-order valence-electron chi connectivity index (χ1n) is 8.59. The lowest BCUT2D eigenvalue weighted by Gasteiger charge is -2.33. The molecule has 0 radical (unpaired) electrons. The molecule has 136 valence electrons. The molecule has 2 atom stereocenters. The van der Waals surface area contributed by atoms with E-state index in [1.807, 2.05) is 37.5 Å². The van der Waals surface area contributed by atoms with Crippen LogP contribution in [0.1, 0.15) is 34.1 Å². The van der Waals surface area contributed by atoms with Crippen molar-refractivity contribution in [3.63, 3.8) is 0 Å². The first-order chi connectivity index (χ1) is 13.1. The first-order valence-corrected chi connectivity index (χ1v) is 8.59. The topological polar surface area (TPSA) is 106 Å². The van der Waals surface area contributed by atoms with Crippen LogP contribution in [0.2, 0.25) is 0 Å². The Morgan fingerprint density at radius 2 is 2.19 bits per heavy atom. The molecule has 0 bridgehead atoms. The molecule has 2 unspecified atom stereocenters. The van der Waals surface area contributed by atoms with Crippen LogP contribution in [0.4, 0.5) is 5.69 Å². The number of carbonyl (C=O) groups excluding carboxylic acids is 2. The van der Waals surface area contributed by atoms with E-state index in [4.69, 9.17) is 0 Å². The molecule has 9 nitrogen and oxygen atoms in total. The van der Waals surface area contributed by atoms with E-state index in [1.54, 1.807) is 15.8 Å². The van der Waals surface area contributed by atoms with Crippen molar-refractivity contribution in [2.45, 2.75) is 17.9 Å². The van der Waals surface area contributed by atoms with Crippen LogP contribution < -0.4 is 5.32 Å². The minimum absolute atomic E-state index is 0.105. The number of benzene rings is 1. The summed E-state index contributed by atoms with van der Waals surface area (Å²) in [6, 6.07) is 7.12. The maximum absolute atomic E-state index is 13.2. The van der Waals surface area contributed by atoms with Gasteiger partial charge in [0.2, 0.25) is 5.91 Å². The van der Waals surface area contributed by atoms with Crippen molar-refractivity contribution in [3.8, 4) is 0 Å². The van der Waals surface area contributed by atoms with Crippen LogP contribution >= 0.6 is 0 Å². The van der Waals surface area contributed by atoms with Gasteiger partial charge in [-0.1, -0.05) is 23.4 Å². The molecule has 27 heavy (non-hydrogen) atoms. The van der Waals surface area contributed by atoms with Gasteiger partial charge in [-0.2, -0.15) is 5.10 Å². The molecule has 3 aromatic rings. The first kappa shape index (κ1) is 15.7. The molecule has 0 saturated carbocycles. The van der Waals surface area contributed by atoms with Crippen molar-refractivity contribution in [1.82, 2.24) is 25.0 Å². The Kier molecular flexibility index (Phi) is 3.21. The van der Waals surface area contributed by atoms with E-state index in [1.165, 1.54) is 6.20 Å². The van der Waals surface area contributed by atoms with Crippen LogP contribution in [0.5, 0.6) is 0 Å². The lowest BCUT2D eigenvalue weighted by atomic mass is 9.73. The van der Waals surface area contributed by atoms with Gasteiger partial charge in [0, 0.05) is 31.0 Å². The number of nitrogens with zero attached hydrogens (tertiary/aromatic N) is 5. The largest absolute Gasteiger partial charge is 0.328 e. The fraction of sp³-hybridized carbons (Fsp3) is 0.278. The molecule has 1 saturated heterocycles. The third kappa shape index (κ3) is 2.08. The number of amides is 2. The van der Waals surface area contributed by atoms with Crippen LogP contribution in [-0.2, 0) is 17.3 Å². The van der Waals surface area contributed by atoms with Crippen molar-refractivity contribution in [1.29, 1.82) is 0 Å². The summed E-state index contributed by atoms with van der Waals surface area (Å²) in [6.07, 6.45) is 5.34. The number of fused-ring (bicyclic) bond motifs is 2. The lowest BCUT2D eigenvalue weighted by molar-refractivity contribution is -0.121. The minimum Gasteiger partial charge on any atom is -0.328 e. The van der Waals surface area contributed by atoms with Gasteiger partial charge in [-0.05, 0) is 23.2 Å². The highest BCUT2D eigenvalue weighted by atomic mass is 16.6. The van der Waals surface area contributed by atoms with Crippen molar-refractivity contribution >= 4 is 17.5 Å². The fourth-order valence-electron chi connectivity index (χ4n) is 4.36. The van der Waals surface area contributed by atoms with Crippen LogP contribution in [0, 0.1) is 0 Å². The van der Waals surface area contributed by atoms with Gasteiger partial charge < -0.3 is 10.2 Å². The smallest absolute Gasteiger partial charge is 0.278 e. The third-order valence-corrected chi connectivity index (χ3v) is 5.47. The summed E-state index contributed by atoms with van der Waals surface area (Å²) in [7, 11) is 1.81. The Hall–Kier alpha value is -3.49. The molecule has 4 heterocycles. The lowest BCUT2D eigenvalue weighted by Crippen LogP contribution is -2.42. The van der Waals surface area contributed by atoms with Gasteiger partial charge in [0.05, 0.1) is 12.2 Å². The molecule has 2 aliphatic heterocycles. The predicted molar refractivity (Wildman–Crippen MR) is 92.7 cm³/mol. The number of likely N-dealkylation sites (tertiary alicyclic amines) is 1. The average molecular weight is 364 g/mol. The normalized spacial score (nSPS) is 23.7. The number of nitrogens with one attached hydrogen (secondary N) is 1. The highest BCUT2D eigenvalue weighted by Crippen LogP contribution is 2.54. The molecule has 9 heteroatoms. The number of anilines is 1. The van der Waals surface area contributed by atoms with Gasteiger partial charge in [0.25, 0.3) is 5.91 Å². The van der Waals surface area contributed by atoms with Gasteiger partial charge in [0.1, 0.15) is 11.6 Å². The number of carbonyl (C=O) groups is 2. The second-order valence-electron chi connectivity index (χ2n) is 6.86. The van der Waals surface area contributed by atoms with E-state index < -0.39 is 11.5 Å². The Balaban J connectivity index is 1.68. The molecule has 1 aromatic carbocycles. The Morgan fingerprint density at radius 3 is 2.93 bits per heavy atom. The summed E-state index contributed by atoms with van der Waals surface area (Å²) in [4.78, 5) is 27.9. The summed E-state index contributed by atoms with van der Waals surface area (Å²) >= 11 is 0. The fourth-order valence-corrected chi connectivity index (χ4v) is 4.36. The summed E-state index contributed by atoms with van der Waals surface area (Å²) in [5.41, 5.74) is 1.73.